The number of nitrogens with zero attached hydrogens (tertiary/aromatic N) is 4. The Labute approximate surface area is 224 Å². The molecule has 3 aromatic carbocycles. The molecule has 2 heterocycles. The largest absolute Gasteiger partial charge is 0.315 e. The zero-order valence-electron chi connectivity index (χ0n) is 21.6. The molecule has 184 valence electrons. The molecule has 0 amide bonds. The Morgan fingerprint density at radius 2 is 1.53 bits per heavy atom. The molecular formula is C34H28N4. The predicted octanol–water partition coefficient (Wildman–Crippen LogP) is 8.59. The van der Waals surface area contributed by atoms with Crippen LogP contribution in [0.3, 0.4) is 0 Å². The summed E-state index contributed by atoms with van der Waals surface area (Å²) in [7, 11) is 0. The lowest BCUT2D eigenvalue weighted by Crippen LogP contribution is -2.14. The number of aryl methyl sites for hydroxylation is 1. The van der Waals surface area contributed by atoms with Crippen molar-refractivity contribution in [1.82, 2.24) is 4.57 Å². The number of anilines is 2. The molecule has 38 heavy (non-hydrogen) atoms. The third-order valence-electron chi connectivity index (χ3n) is 6.87. The van der Waals surface area contributed by atoms with E-state index in [2.05, 4.69) is 47.6 Å². The Balaban J connectivity index is 0.00000144. The maximum Gasteiger partial charge on any atom is 0.101 e. The van der Waals surface area contributed by atoms with Gasteiger partial charge < -0.3 is 9.47 Å². The fraction of sp³-hybridized carbons (Fsp3) is 0.118. The molecule has 0 atom stereocenters. The van der Waals surface area contributed by atoms with Gasteiger partial charge in [0.25, 0.3) is 0 Å². The molecule has 4 aromatic rings. The molecule has 2 aliphatic rings. The minimum absolute atomic E-state index is 0.491. The van der Waals surface area contributed by atoms with Crippen molar-refractivity contribution in [1.29, 1.82) is 10.5 Å². The van der Waals surface area contributed by atoms with Crippen LogP contribution in [-0.2, 0) is 6.42 Å². The Hall–Kier alpha value is -5.06. The molecule has 1 aliphatic heterocycles. The van der Waals surface area contributed by atoms with Crippen LogP contribution >= 0.6 is 0 Å². The van der Waals surface area contributed by atoms with Gasteiger partial charge in [-0.1, -0.05) is 75.1 Å². The lowest BCUT2D eigenvalue weighted by atomic mass is 10.00. The van der Waals surface area contributed by atoms with Gasteiger partial charge in [-0.2, -0.15) is 10.5 Å². The van der Waals surface area contributed by atoms with Crippen LogP contribution in [0.5, 0.6) is 0 Å². The summed E-state index contributed by atoms with van der Waals surface area (Å²) < 4.78 is 2.13. The highest BCUT2D eigenvalue weighted by Gasteiger charge is 2.23. The summed E-state index contributed by atoms with van der Waals surface area (Å²) in [6.07, 6.45) is 14.0. The van der Waals surface area contributed by atoms with Crippen LogP contribution in [0.15, 0.2) is 97.7 Å². The molecule has 4 heteroatoms. The first-order chi connectivity index (χ1) is 18.7. The van der Waals surface area contributed by atoms with Gasteiger partial charge in [0.15, 0.2) is 0 Å². The van der Waals surface area contributed by atoms with Gasteiger partial charge in [-0.3, -0.25) is 0 Å². The monoisotopic (exact) mass is 492 g/mol. The summed E-state index contributed by atoms with van der Waals surface area (Å²) in [5.41, 5.74) is 8.54. The van der Waals surface area contributed by atoms with Crippen molar-refractivity contribution in [3.05, 3.63) is 126 Å². The third kappa shape index (κ3) is 4.03. The summed E-state index contributed by atoms with van der Waals surface area (Å²) >= 11 is 0. The van der Waals surface area contributed by atoms with E-state index in [1.54, 1.807) is 0 Å². The number of allylic oxidation sites excluding steroid dienone is 5. The molecule has 0 unspecified atom stereocenters. The molecule has 0 saturated heterocycles. The van der Waals surface area contributed by atoms with E-state index < -0.39 is 0 Å². The highest BCUT2D eigenvalue weighted by atomic mass is 15.1. The van der Waals surface area contributed by atoms with E-state index in [0.29, 0.717) is 16.8 Å². The quantitative estimate of drug-likeness (QED) is 0.281. The first kappa shape index (κ1) is 24.6. The minimum atomic E-state index is 0.491. The smallest absolute Gasteiger partial charge is 0.101 e. The van der Waals surface area contributed by atoms with E-state index >= 15 is 0 Å². The SMILES string of the molecule is C=C1/C=C\C=C/N(c2cc(C#N)c(-n3c4c(c5ccccc53)CCC=C4)cc2C#N)c2ccccc21.CC. The van der Waals surface area contributed by atoms with Crippen molar-refractivity contribution in [2.24, 2.45) is 0 Å². The van der Waals surface area contributed by atoms with Gasteiger partial charge in [0.1, 0.15) is 12.1 Å². The van der Waals surface area contributed by atoms with Crippen LogP contribution in [0.4, 0.5) is 11.4 Å². The summed E-state index contributed by atoms with van der Waals surface area (Å²) in [4.78, 5) is 1.97. The summed E-state index contributed by atoms with van der Waals surface area (Å²) in [6.45, 7) is 8.20. The van der Waals surface area contributed by atoms with E-state index in [-0.39, 0.29) is 0 Å². The summed E-state index contributed by atoms with van der Waals surface area (Å²) in [6, 6.07) is 24.7. The molecule has 6 rings (SSSR count). The highest BCUT2D eigenvalue weighted by molar-refractivity contribution is 5.92. The lowest BCUT2D eigenvalue weighted by molar-refractivity contribution is 0.966. The van der Waals surface area contributed by atoms with Gasteiger partial charge in [0, 0.05) is 22.8 Å². The molecular weight excluding hydrogens is 464 g/mol. The zero-order valence-corrected chi connectivity index (χ0v) is 21.6. The van der Waals surface area contributed by atoms with E-state index in [4.69, 9.17) is 0 Å². The van der Waals surface area contributed by atoms with Crippen molar-refractivity contribution in [2.75, 3.05) is 4.90 Å². The number of para-hydroxylation sites is 2. The van der Waals surface area contributed by atoms with E-state index in [9.17, 15) is 10.5 Å². The fourth-order valence-electron chi connectivity index (χ4n) is 5.23. The highest BCUT2D eigenvalue weighted by Crippen LogP contribution is 2.40. The molecule has 0 N–H and O–H groups in total. The third-order valence-corrected chi connectivity index (χ3v) is 6.87. The normalized spacial score (nSPS) is 15.2. The molecule has 4 nitrogen and oxygen atoms in total. The number of hydrogen-bond acceptors (Lipinski definition) is 3. The Bertz CT molecular complexity index is 1730. The minimum Gasteiger partial charge on any atom is -0.315 e. The molecule has 1 aromatic heterocycles. The first-order valence-corrected chi connectivity index (χ1v) is 12.9. The van der Waals surface area contributed by atoms with Crippen molar-refractivity contribution < 1.29 is 0 Å². The van der Waals surface area contributed by atoms with Crippen LogP contribution in [0, 0.1) is 22.7 Å². The van der Waals surface area contributed by atoms with E-state index in [1.807, 2.05) is 91.7 Å². The summed E-state index contributed by atoms with van der Waals surface area (Å²) in [5, 5.41) is 21.8. The maximum absolute atomic E-state index is 10.3. The predicted molar refractivity (Wildman–Crippen MR) is 157 cm³/mol. The summed E-state index contributed by atoms with van der Waals surface area (Å²) in [5.74, 6) is 0. The Kier molecular flexibility index (Phi) is 6.81. The van der Waals surface area contributed by atoms with Crippen molar-refractivity contribution in [3.8, 4) is 17.8 Å². The number of fused-ring (bicyclic) bond motifs is 4. The number of rotatable bonds is 2. The molecule has 0 spiro atoms. The van der Waals surface area contributed by atoms with Crippen molar-refractivity contribution in [2.45, 2.75) is 26.7 Å². The molecule has 0 saturated carbocycles. The standard InChI is InChI=1S/C32H22N4.C2H6/c1-22-10-8-9-17-35(28-14-5-2-11-25(22)28)31-18-24(21-34)32(19-23(31)20-33)36-29-15-6-3-12-26(29)27-13-4-7-16-30(27)36;1-2/h2-3,5-12,14-19H,1,4,13H2;1-2H3/b10-8-,17-9-;. The molecule has 0 radical (unpaired) electrons. The number of aromatic nitrogens is 1. The second-order valence-electron chi connectivity index (χ2n) is 8.88. The molecule has 0 fully saturated rings. The van der Waals surface area contributed by atoms with Gasteiger partial charge in [0.05, 0.1) is 33.7 Å². The van der Waals surface area contributed by atoms with Crippen LogP contribution in [-0.4, -0.2) is 4.57 Å². The van der Waals surface area contributed by atoms with Crippen LogP contribution < -0.4 is 4.90 Å². The maximum atomic E-state index is 10.3. The van der Waals surface area contributed by atoms with Gasteiger partial charge in [0.2, 0.25) is 0 Å². The van der Waals surface area contributed by atoms with Gasteiger partial charge in [-0.05, 0) is 60.4 Å². The average molecular weight is 493 g/mol. The van der Waals surface area contributed by atoms with Crippen LogP contribution in [0.25, 0.3) is 28.2 Å². The topological polar surface area (TPSA) is 55.8 Å². The van der Waals surface area contributed by atoms with Crippen molar-refractivity contribution in [3.63, 3.8) is 0 Å². The van der Waals surface area contributed by atoms with E-state index in [1.165, 1.54) is 10.9 Å². The second kappa shape index (κ2) is 10.5. The fourth-order valence-corrected chi connectivity index (χ4v) is 5.23. The second-order valence-corrected chi connectivity index (χ2v) is 8.88. The van der Waals surface area contributed by atoms with E-state index in [0.717, 1.165) is 46.6 Å². The number of hydrogen-bond donors (Lipinski definition) is 0. The Morgan fingerprint density at radius 3 is 2.34 bits per heavy atom. The average Bonchev–Trinajstić information content (AvgIpc) is 3.31. The first-order valence-electron chi connectivity index (χ1n) is 12.9. The van der Waals surface area contributed by atoms with Crippen LogP contribution in [0.2, 0.25) is 0 Å². The Morgan fingerprint density at radius 1 is 0.816 bits per heavy atom. The molecule has 0 bridgehead atoms. The van der Waals surface area contributed by atoms with Gasteiger partial charge in [-0.15, -0.1) is 0 Å². The number of nitriles is 2. The zero-order chi connectivity index (χ0) is 26.6. The van der Waals surface area contributed by atoms with Crippen LogP contribution in [0.1, 0.15) is 48.2 Å². The van der Waals surface area contributed by atoms with Gasteiger partial charge in [-0.25, -0.2) is 0 Å². The lowest BCUT2D eigenvalue weighted by Gasteiger charge is -2.26. The molecule has 1 aliphatic carbocycles. The van der Waals surface area contributed by atoms with Gasteiger partial charge >= 0.3 is 0 Å². The van der Waals surface area contributed by atoms with Crippen molar-refractivity contribution >= 4 is 33.9 Å². The number of benzene rings is 3.